The van der Waals surface area contributed by atoms with Crippen molar-refractivity contribution in [2.75, 3.05) is 4.90 Å². The van der Waals surface area contributed by atoms with Crippen LogP contribution in [0.5, 0.6) is 0 Å². The van der Waals surface area contributed by atoms with Gasteiger partial charge in [0.15, 0.2) is 0 Å². The number of halogens is 2. The fourth-order valence-corrected chi connectivity index (χ4v) is 4.26. The molecule has 0 aromatic heterocycles. The van der Waals surface area contributed by atoms with Gasteiger partial charge < -0.3 is 4.74 Å². The quantitative estimate of drug-likeness (QED) is 0.489. The van der Waals surface area contributed by atoms with Gasteiger partial charge in [-0.1, -0.05) is 41.9 Å². The molecule has 150 valence electrons. The van der Waals surface area contributed by atoms with Gasteiger partial charge >= 0.3 is 6.09 Å². The minimum Gasteiger partial charge on any atom is -0.443 e. The fraction of sp³-hybridized carbons (Fsp3) is 0.435. The molecule has 1 aliphatic heterocycles. The summed E-state index contributed by atoms with van der Waals surface area (Å²) in [6, 6.07) is 10.4. The Bertz CT molecular complexity index is 889. The van der Waals surface area contributed by atoms with Gasteiger partial charge in [-0.05, 0) is 80.5 Å². The molecular weight excluding hydrogens is 421 g/mol. The summed E-state index contributed by atoms with van der Waals surface area (Å²) >= 11 is 3.60. The zero-order chi connectivity index (χ0) is 20.6. The van der Waals surface area contributed by atoms with Crippen LogP contribution in [0.3, 0.4) is 0 Å². The molecule has 3 nitrogen and oxygen atoms in total. The fourth-order valence-electron chi connectivity index (χ4n) is 3.74. The summed E-state index contributed by atoms with van der Waals surface area (Å²) in [5.74, 6) is -0.0743. The van der Waals surface area contributed by atoms with Gasteiger partial charge in [-0.2, -0.15) is 0 Å². The van der Waals surface area contributed by atoms with Crippen LogP contribution in [0.1, 0.15) is 69.7 Å². The summed E-state index contributed by atoms with van der Waals surface area (Å²) in [6.45, 7) is 9.80. The van der Waals surface area contributed by atoms with Gasteiger partial charge in [-0.15, -0.1) is 0 Å². The second-order valence-electron chi connectivity index (χ2n) is 8.62. The summed E-state index contributed by atoms with van der Waals surface area (Å²) in [7, 11) is 0. The van der Waals surface area contributed by atoms with Crippen LogP contribution in [0, 0.1) is 5.82 Å². The van der Waals surface area contributed by atoms with Gasteiger partial charge in [0.2, 0.25) is 0 Å². The lowest BCUT2D eigenvalue weighted by atomic mass is 9.87. The van der Waals surface area contributed by atoms with Crippen LogP contribution in [0.15, 0.2) is 40.9 Å². The van der Waals surface area contributed by atoms with Crippen LogP contribution in [-0.4, -0.2) is 11.7 Å². The molecule has 0 radical (unpaired) electrons. The zero-order valence-electron chi connectivity index (χ0n) is 17.1. The van der Waals surface area contributed by atoms with Crippen molar-refractivity contribution in [3.63, 3.8) is 0 Å². The van der Waals surface area contributed by atoms with Gasteiger partial charge in [0.1, 0.15) is 11.4 Å². The summed E-state index contributed by atoms with van der Waals surface area (Å²) in [4.78, 5) is 15.0. The van der Waals surface area contributed by atoms with Crippen molar-refractivity contribution in [3.8, 4) is 0 Å². The third kappa shape index (κ3) is 4.40. The molecule has 2 aromatic rings. The molecule has 0 fully saturated rings. The number of carbonyl (C=O) groups excluding carboxylic acids is 1. The molecule has 3 rings (SSSR count). The van der Waals surface area contributed by atoms with E-state index < -0.39 is 11.7 Å². The van der Waals surface area contributed by atoms with Crippen molar-refractivity contribution in [2.24, 2.45) is 0 Å². The lowest BCUT2D eigenvalue weighted by Crippen LogP contribution is -2.42. The predicted octanol–water partition coefficient (Wildman–Crippen LogP) is 7.14. The molecule has 0 saturated carbocycles. The van der Waals surface area contributed by atoms with E-state index in [1.54, 1.807) is 11.0 Å². The molecule has 5 heteroatoms. The van der Waals surface area contributed by atoms with Gasteiger partial charge in [0.05, 0.1) is 11.7 Å². The number of fused-ring (bicyclic) bond motifs is 1. The van der Waals surface area contributed by atoms with Crippen LogP contribution in [0.4, 0.5) is 14.9 Å². The molecule has 1 atom stereocenters. The lowest BCUT2D eigenvalue weighted by molar-refractivity contribution is 0.0559. The Morgan fingerprint density at radius 1 is 1.25 bits per heavy atom. The molecule has 0 N–H and O–H groups in total. The Labute approximate surface area is 175 Å². The first-order valence-corrected chi connectivity index (χ1v) is 10.5. The van der Waals surface area contributed by atoms with Crippen LogP contribution in [0.2, 0.25) is 0 Å². The van der Waals surface area contributed by atoms with Crippen molar-refractivity contribution < 1.29 is 13.9 Å². The largest absolute Gasteiger partial charge is 0.443 e. The standard InChI is InChI=1S/C23H27BrFNO2/c1-14(2)19-13-17(24)11-16-9-10-20(15-7-6-8-18(25)12-15)26(21(16)19)22(27)28-23(3,4)5/h6-8,11-14,20H,9-10H2,1-5H3. The Hall–Kier alpha value is -1.88. The Morgan fingerprint density at radius 3 is 2.57 bits per heavy atom. The van der Waals surface area contributed by atoms with Crippen molar-refractivity contribution in [2.45, 2.75) is 65.0 Å². The summed E-state index contributed by atoms with van der Waals surface area (Å²) < 4.78 is 20.7. The van der Waals surface area contributed by atoms with Crippen LogP contribution in [-0.2, 0) is 11.2 Å². The van der Waals surface area contributed by atoms with Gasteiger partial charge in [-0.25, -0.2) is 9.18 Å². The van der Waals surface area contributed by atoms with Crippen molar-refractivity contribution in [1.29, 1.82) is 0 Å². The number of amides is 1. The number of ether oxygens (including phenoxy) is 1. The van der Waals surface area contributed by atoms with E-state index in [0.29, 0.717) is 6.42 Å². The average Bonchev–Trinajstić information content (AvgIpc) is 2.58. The molecule has 2 aromatic carbocycles. The molecule has 28 heavy (non-hydrogen) atoms. The van der Waals surface area contributed by atoms with E-state index in [1.165, 1.54) is 12.1 Å². The second kappa shape index (κ2) is 7.86. The molecular formula is C23H27BrFNO2. The normalized spacial score (nSPS) is 16.9. The van der Waals surface area contributed by atoms with E-state index >= 15 is 0 Å². The van der Waals surface area contributed by atoms with E-state index in [1.807, 2.05) is 26.8 Å². The molecule has 0 aliphatic carbocycles. The second-order valence-corrected chi connectivity index (χ2v) is 9.53. The highest BCUT2D eigenvalue weighted by Gasteiger charge is 2.37. The van der Waals surface area contributed by atoms with Crippen LogP contribution < -0.4 is 4.90 Å². The third-order valence-electron chi connectivity index (χ3n) is 4.87. The van der Waals surface area contributed by atoms with E-state index in [4.69, 9.17) is 4.74 Å². The number of benzene rings is 2. The van der Waals surface area contributed by atoms with Gasteiger partial charge in [0, 0.05) is 4.47 Å². The topological polar surface area (TPSA) is 29.5 Å². The zero-order valence-corrected chi connectivity index (χ0v) is 18.6. The summed E-state index contributed by atoms with van der Waals surface area (Å²) in [5, 5.41) is 0. The van der Waals surface area contributed by atoms with Crippen LogP contribution >= 0.6 is 15.9 Å². The van der Waals surface area contributed by atoms with Crippen molar-refractivity contribution in [3.05, 3.63) is 63.4 Å². The summed E-state index contributed by atoms with van der Waals surface area (Å²) in [5.41, 5.74) is 3.25. The van der Waals surface area contributed by atoms with E-state index in [2.05, 4.69) is 41.9 Å². The highest BCUT2D eigenvalue weighted by molar-refractivity contribution is 9.10. The molecule has 0 bridgehead atoms. The predicted molar refractivity (Wildman–Crippen MR) is 114 cm³/mol. The highest BCUT2D eigenvalue weighted by Crippen LogP contribution is 2.45. The maximum absolute atomic E-state index is 13.9. The maximum Gasteiger partial charge on any atom is 0.415 e. The molecule has 1 aliphatic rings. The van der Waals surface area contributed by atoms with E-state index in [9.17, 15) is 9.18 Å². The molecule has 1 unspecified atom stereocenters. The number of anilines is 1. The molecule has 1 amide bonds. The molecule has 1 heterocycles. The van der Waals surface area contributed by atoms with Gasteiger partial charge in [0.25, 0.3) is 0 Å². The first-order valence-electron chi connectivity index (χ1n) is 9.67. The number of hydrogen-bond acceptors (Lipinski definition) is 2. The monoisotopic (exact) mass is 447 g/mol. The Balaban J connectivity index is 2.18. The first-order chi connectivity index (χ1) is 13.1. The minimum absolute atomic E-state index is 0.224. The number of nitrogens with zero attached hydrogens (tertiary/aromatic N) is 1. The summed E-state index contributed by atoms with van der Waals surface area (Å²) in [6.07, 6.45) is 1.13. The highest BCUT2D eigenvalue weighted by atomic mass is 79.9. The van der Waals surface area contributed by atoms with Crippen LogP contribution in [0.25, 0.3) is 0 Å². The SMILES string of the molecule is CC(C)c1cc(Br)cc2c1N(C(=O)OC(C)(C)C)C(c1cccc(F)c1)CC2. The minimum atomic E-state index is -0.617. The lowest BCUT2D eigenvalue weighted by Gasteiger charge is -2.40. The van der Waals surface area contributed by atoms with E-state index in [-0.39, 0.29) is 17.8 Å². The Morgan fingerprint density at radius 2 is 1.96 bits per heavy atom. The Kier molecular flexibility index (Phi) is 5.85. The third-order valence-corrected chi connectivity index (χ3v) is 5.33. The number of hydrogen-bond donors (Lipinski definition) is 0. The molecule has 0 spiro atoms. The van der Waals surface area contributed by atoms with Crippen molar-refractivity contribution >= 4 is 27.7 Å². The maximum atomic E-state index is 13.9. The number of aryl methyl sites for hydroxylation is 1. The number of carbonyl (C=O) groups is 1. The average molecular weight is 448 g/mol. The smallest absolute Gasteiger partial charge is 0.415 e. The first kappa shape index (κ1) is 20.8. The van der Waals surface area contributed by atoms with Crippen molar-refractivity contribution in [1.82, 2.24) is 0 Å². The molecule has 0 saturated heterocycles. The van der Waals surface area contributed by atoms with E-state index in [0.717, 1.165) is 33.3 Å². The van der Waals surface area contributed by atoms with Gasteiger partial charge in [-0.3, -0.25) is 4.90 Å². The number of rotatable bonds is 2.